The smallest absolute Gasteiger partial charge is 0.307 e. The first-order valence-electron chi connectivity index (χ1n) is 7.02. The predicted octanol–water partition coefficient (Wildman–Crippen LogP) is 1.28. The van der Waals surface area contributed by atoms with Gasteiger partial charge in [0.15, 0.2) is 0 Å². The van der Waals surface area contributed by atoms with Crippen LogP contribution in [0.3, 0.4) is 0 Å². The number of hydrogen-bond donors (Lipinski definition) is 2. The van der Waals surface area contributed by atoms with Gasteiger partial charge >= 0.3 is 4.87 Å². The summed E-state index contributed by atoms with van der Waals surface area (Å²) in [5, 5.41) is 14.4. The Morgan fingerprint density at radius 3 is 2.95 bits per heavy atom. The Balaban J connectivity index is 2.04. The van der Waals surface area contributed by atoms with Gasteiger partial charge in [-0.1, -0.05) is 31.1 Å². The summed E-state index contributed by atoms with van der Waals surface area (Å²) in [7, 11) is 0. The minimum atomic E-state index is -0.512. The topological polar surface area (TPSA) is 71.3 Å². The average molecular weight is 298 g/mol. The second-order valence-corrected chi connectivity index (χ2v) is 6.74. The van der Waals surface area contributed by atoms with Crippen LogP contribution in [0.2, 0.25) is 0 Å². The van der Waals surface area contributed by atoms with Gasteiger partial charge < -0.3 is 10.4 Å². The van der Waals surface area contributed by atoms with E-state index >= 15 is 0 Å². The molecular formula is C14H22N2O3S. The third-order valence-electron chi connectivity index (χ3n) is 4.08. The number of amides is 1. The molecule has 2 N–H and O–H groups in total. The van der Waals surface area contributed by atoms with Gasteiger partial charge in [0.2, 0.25) is 5.91 Å². The van der Waals surface area contributed by atoms with E-state index in [2.05, 4.69) is 12.2 Å². The van der Waals surface area contributed by atoms with E-state index in [9.17, 15) is 14.7 Å². The van der Waals surface area contributed by atoms with E-state index in [1.807, 2.05) is 6.92 Å². The molecule has 0 saturated heterocycles. The molecule has 2 atom stereocenters. The van der Waals surface area contributed by atoms with Crippen molar-refractivity contribution in [2.75, 3.05) is 6.61 Å². The van der Waals surface area contributed by atoms with E-state index in [-0.39, 0.29) is 23.9 Å². The van der Waals surface area contributed by atoms with Gasteiger partial charge in [-0.25, -0.2) is 0 Å². The first kappa shape index (κ1) is 15.3. The molecule has 1 aromatic heterocycles. The molecule has 1 saturated carbocycles. The van der Waals surface area contributed by atoms with Crippen LogP contribution in [0.15, 0.2) is 10.2 Å². The van der Waals surface area contributed by atoms with Crippen molar-refractivity contribution in [2.24, 2.45) is 5.92 Å². The molecule has 0 aromatic carbocycles. The molecule has 1 fully saturated rings. The molecule has 1 amide bonds. The van der Waals surface area contributed by atoms with E-state index in [1.54, 1.807) is 5.38 Å². The Hall–Kier alpha value is -1.14. The fourth-order valence-corrected chi connectivity index (χ4v) is 3.77. The zero-order valence-electron chi connectivity index (χ0n) is 12.0. The fourth-order valence-electron chi connectivity index (χ4n) is 3.03. The molecule has 0 bridgehead atoms. The van der Waals surface area contributed by atoms with Gasteiger partial charge in [-0.2, -0.15) is 0 Å². The summed E-state index contributed by atoms with van der Waals surface area (Å²) in [4.78, 5) is 23.7. The lowest BCUT2D eigenvalue weighted by molar-refractivity contribution is -0.125. The van der Waals surface area contributed by atoms with Crippen LogP contribution in [0.5, 0.6) is 0 Å². The van der Waals surface area contributed by atoms with Gasteiger partial charge in [0, 0.05) is 11.1 Å². The third-order valence-corrected chi connectivity index (χ3v) is 4.96. The molecule has 1 heterocycles. The number of aliphatic hydroxyl groups excluding tert-OH is 1. The fraction of sp³-hybridized carbons (Fsp3) is 0.714. The molecule has 6 heteroatoms. The highest BCUT2D eigenvalue weighted by Gasteiger charge is 2.35. The van der Waals surface area contributed by atoms with Crippen molar-refractivity contribution in [1.29, 1.82) is 0 Å². The summed E-state index contributed by atoms with van der Waals surface area (Å²) in [5.41, 5.74) is 0.285. The molecule has 0 spiro atoms. The summed E-state index contributed by atoms with van der Waals surface area (Å²) in [6.45, 7) is 3.95. The summed E-state index contributed by atoms with van der Waals surface area (Å²) in [5.74, 6) is 0.304. The highest BCUT2D eigenvalue weighted by atomic mass is 32.1. The van der Waals surface area contributed by atoms with Crippen LogP contribution in [0.25, 0.3) is 0 Å². The van der Waals surface area contributed by atoms with Crippen LogP contribution >= 0.6 is 11.3 Å². The first-order valence-corrected chi connectivity index (χ1v) is 7.90. The molecule has 1 aromatic rings. The lowest BCUT2D eigenvalue weighted by Gasteiger charge is -2.39. The maximum absolute atomic E-state index is 12.2. The summed E-state index contributed by atoms with van der Waals surface area (Å²) < 4.78 is 1.47. The molecule has 2 unspecified atom stereocenters. The molecule has 5 nitrogen and oxygen atoms in total. The average Bonchev–Trinajstić information content (AvgIpc) is 2.70. The first-order chi connectivity index (χ1) is 9.46. The number of hydrogen-bond acceptors (Lipinski definition) is 4. The number of aliphatic hydroxyl groups is 1. The Morgan fingerprint density at radius 1 is 1.65 bits per heavy atom. The number of nitrogens with zero attached hydrogens (tertiary/aromatic N) is 1. The highest BCUT2D eigenvalue weighted by Crippen LogP contribution is 2.31. The molecule has 0 aliphatic heterocycles. The lowest BCUT2D eigenvalue weighted by atomic mass is 9.77. The number of thiazole rings is 1. The van der Waals surface area contributed by atoms with E-state index < -0.39 is 5.54 Å². The largest absolute Gasteiger partial charge is 0.394 e. The number of nitrogens with one attached hydrogen (secondary N) is 1. The molecule has 1 aliphatic rings. The SMILES string of the molecule is Cc1csc(=O)n1CC(=O)NC1(CO)CCCC(C)C1. The van der Waals surface area contributed by atoms with E-state index in [0.717, 1.165) is 42.7 Å². The second kappa shape index (κ2) is 6.10. The van der Waals surface area contributed by atoms with Gasteiger partial charge in [-0.05, 0) is 25.7 Å². The molecule has 1 aliphatic carbocycles. The number of rotatable bonds is 4. The summed E-state index contributed by atoms with van der Waals surface area (Å²) in [6, 6.07) is 0. The van der Waals surface area contributed by atoms with Crippen molar-refractivity contribution in [3.8, 4) is 0 Å². The standard InChI is InChI=1S/C14H22N2O3S/c1-10-4-3-5-14(6-10,9-17)15-12(18)7-16-11(2)8-20-13(16)19/h8,10,17H,3-7,9H2,1-2H3,(H,15,18). The van der Waals surface area contributed by atoms with Gasteiger partial charge in [0.05, 0.1) is 12.1 Å². The van der Waals surface area contributed by atoms with E-state index in [4.69, 9.17) is 0 Å². The number of carbonyl (C=O) groups excluding carboxylic acids is 1. The highest BCUT2D eigenvalue weighted by molar-refractivity contribution is 7.07. The van der Waals surface area contributed by atoms with Gasteiger partial charge in [-0.15, -0.1) is 0 Å². The number of aromatic nitrogens is 1. The Labute approximate surface area is 122 Å². The zero-order valence-corrected chi connectivity index (χ0v) is 12.8. The van der Waals surface area contributed by atoms with Gasteiger partial charge in [0.25, 0.3) is 0 Å². The van der Waals surface area contributed by atoms with Crippen molar-refractivity contribution in [3.63, 3.8) is 0 Å². The quantitative estimate of drug-likeness (QED) is 0.879. The van der Waals surface area contributed by atoms with Crippen LogP contribution in [0.1, 0.15) is 38.3 Å². The number of aryl methyl sites for hydroxylation is 1. The lowest BCUT2D eigenvalue weighted by Crippen LogP contribution is -2.54. The Bertz CT molecular complexity index is 537. The molecule has 112 valence electrons. The van der Waals surface area contributed by atoms with Crippen LogP contribution in [0.4, 0.5) is 0 Å². The van der Waals surface area contributed by atoms with Crippen molar-refractivity contribution in [3.05, 3.63) is 20.7 Å². The molecule has 20 heavy (non-hydrogen) atoms. The van der Waals surface area contributed by atoms with Crippen LogP contribution in [0, 0.1) is 12.8 Å². The van der Waals surface area contributed by atoms with Crippen molar-refractivity contribution >= 4 is 17.2 Å². The van der Waals surface area contributed by atoms with Crippen molar-refractivity contribution < 1.29 is 9.90 Å². The maximum atomic E-state index is 12.2. The van der Waals surface area contributed by atoms with Crippen molar-refractivity contribution in [1.82, 2.24) is 9.88 Å². The number of carbonyl (C=O) groups is 1. The maximum Gasteiger partial charge on any atom is 0.307 e. The monoisotopic (exact) mass is 298 g/mol. The molecular weight excluding hydrogens is 276 g/mol. The molecule has 0 radical (unpaired) electrons. The zero-order chi connectivity index (χ0) is 14.8. The minimum Gasteiger partial charge on any atom is -0.394 e. The third kappa shape index (κ3) is 3.30. The normalized spacial score (nSPS) is 26.4. The van der Waals surface area contributed by atoms with Gasteiger partial charge in [0.1, 0.15) is 6.54 Å². The van der Waals surface area contributed by atoms with Crippen molar-refractivity contribution in [2.45, 2.75) is 51.6 Å². The van der Waals surface area contributed by atoms with Crippen LogP contribution < -0.4 is 10.2 Å². The van der Waals surface area contributed by atoms with E-state index in [0.29, 0.717) is 5.92 Å². The Morgan fingerprint density at radius 2 is 2.40 bits per heavy atom. The van der Waals surface area contributed by atoms with E-state index in [1.165, 1.54) is 4.57 Å². The minimum absolute atomic E-state index is 0.0320. The van der Waals surface area contributed by atoms with Crippen LogP contribution in [-0.4, -0.2) is 27.7 Å². The second-order valence-electron chi connectivity index (χ2n) is 5.92. The summed E-state index contributed by atoms with van der Waals surface area (Å²) >= 11 is 1.10. The van der Waals surface area contributed by atoms with Gasteiger partial charge in [-0.3, -0.25) is 14.2 Å². The van der Waals surface area contributed by atoms with Crippen LogP contribution in [-0.2, 0) is 11.3 Å². The predicted molar refractivity (Wildman–Crippen MR) is 78.9 cm³/mol. The Kier molecular flexibility index (Phi) is 4.65. The summed E-state index contributed by atoms with van der Waals surface area (Å²) in [6.07, 6.45) is 3.75. The molecule has 2 rings (SSSR count).